The molecule has 0 aliphatic heterocycles. The molecule has 2 N–H and O–H groups in total. The predicted molar refractivity (Wildman–Crippen MR) is 126 cm³/mol. The maximum Gasteiger partial charge on any atom is 0.316 e. The highest BCUT2D eigenvalue weighted by atomic mass is 35.5. The second kappa shape index (κ2) is 10.7. The minimum Gasteiger partial charge on any atom is -0.467 e. The van der Waals surface area contributed by atoms with E-state index in [4.69, 9.17) is 16.3 Å². The van der Waals surface area contributed by atoms with Gasteiger partial charge in [-0.1, -0.05) is 34.9 Å². The Morgan fingerprint density at radius 1 is 1.09 bits per heavy atom. The lowest BCUT2D eigenvalue weighted by Gasteiger charge is -2.13. The number of ether oxygens (including phenoxy) is 1. The molecule has 0 fully saturated rings. The quantitative estimate of drug-likeness (QED) is 0.416. The van der Waals surface area contributed by atoms with Crippen LogP contribution in [0.4, 0.5) is 21.8 Å². The average molecular weight is 455 g/mol. The van der Waals surface area contributed by atoms with Crippen LogP contribution in [0.2, 0.25) is 5.02 Å². The standard InChI is InChI=1S/C23H24ClFN6O/c1-14(2)5-6-15(3)10-26-21-18(16-11-28-23(32-4)29-12-16)13-27-22(31-21)30-17-7-8-20(25)19(24)9-17/h5-9,11-13H,10H2,1-4H3,(H2,26,27,30,31)/b15-6+. The molecule has 7 nitrogen and oxygen atoms in total. The van der Waals surface area contributed by atoms with Gasteiger partial charge < -0.3 is 15.4 Å². The molecule has 0 unspecified atom stereocenters. The summed E-state index contributed by atoms with van der Waals surface area (Å²) >= 11 is 5.87. The first-order valence-corrected chi connectivity index (χ1v) is 10.2. The molecule has 0 radical (unpaired) electrons. The van der Waals surface area contributed by atoms with E-state index in [0.29, 0.717) is 24.0 Å². The van der Waals surface area contributed by atoms with E-state index in [1.165, 1.54) is 24.8 Å². The molecular weight excluding hydrogens is 431 g/mol. The van der Waals surface area contributed by atoms with Crippen molar-refractivity contribution >= 4 is 29.1 Å². The van der Waals surface area contributed by atoms with Crippen LogP contribution in [-0.4, -0.2) is 33.6 Å². The molecule has 0 spiro atoms. The molecule has 0 amide bonds. The predicted octanol–water partition coefficient (Wildman–Crippen LogP) is 5.80. The fourth-order valence-corrected chi connectivity index (χ4v) is 2.82. The Labute approximate surface area is 191 Å². The Morgan fingerprint density at radius 3 is 2.50 bits per heavy atom. The highest BCUT2D eigenvalue weighted by Gasteiger charge is 2.12. The van der Waals surface area contributed by atoms with Gasteiger partial charge in [-0.2, -0.15) is 4.98 Å². The van der Waals surface area contributed by atoms with Crippen molar-refractivity contribution < 1.29 is 9.13 Å². The van der Waals surface area contributed by atoms with Crippen molar-refractivity contribution in [3.8, 4) is 17.1 Å². The largest absolute Gasteiger partial charge is 0.467 e. The van der Waals surface area contributed by atoms with Gasteiger partial charge in [0.05, 0.1) is 12.1 Å². The van der Waals surface area contributed by atoms with Crippen molar-refractivity contribution in [3.05, 3.63) is 70.9 Å². The number of rotatable bonds is 8. The third-order valence-electron chi connectivity index (χ3n) is 4.32. The lowest BCUT2D eigenvalue weighted by Crippen LogP contribution is -2.08. The highest BCUT2D eigenvalue weighted by molar-refractivity contribution is 6.31. The Kier molecular flexibility index (Phi) is 7.72. The van der Waals surface area contributed by atoms with Crippen LogP contribution in [0, 0.1) is 5.82 Å². The first kappa shape index (κ1) is 23.1. The normalized spacial score (nSPS) is 11.1. The van der Waals surface area contributed by atoms with Crippen LogP contribution in [0.25, 0.3) is 11.1 Å². The van der Waals surface area contributed by atoms with Gasteiger partial charge in [-0.05, 0) is 39.0 Å². The third-order valence-corrected chi connectivity index (χ3v) is 4.61. The van der Waals surface area contributed by atoms with E-state index in [9.17, 15) is 4.39 Å². The summed E-state index contributed by atoms with van der Waals surface area (Å²) in [6.07, 6.45) is 9.08. The van der Waals surface area contributed by atoms with E-state index in [0.717, 1.165) is 16.7 Å². The zero-order chi connectivity index (χ0) is 23.1. The first-order chi connectivity index (χ1) is 15.4. The van der Waals surface area contributed by atoms with Crippen LogP contribution in [0.15, 0.2) is 60.1 Å². The van der Waals surface area contributed by atoms with Crippen LogP contribution in [0.1, 0.15) is 20.8 Å². The van der Waals surface area contributed by atoms with Crippen LogP contribution >= 0.6 is 11.6 Å². The van der Waals surface area contributed by atoms with Crippen LogP contribution in [0.5, 0.6) is 6.01 Å². The molecule has 0 bridgehead atoms. The highest BCUT2D eigenvalue weighted by Crippen LogP contribution is 2.28. The lowest BCUT2D eigenvalue weighted by molar-refractivity contribution is 0.380. The van der Waals surface area contributed by atoms with E-state index >= 15 is 0 Å². The van der Waals surface area contributed by atoms with Gasteiger partial charge in [-0.3, -0.25) is 0 Å². The Balaban J connectivity index is 1.91. The minimum absolute atomic E-state index is 0.0142. The molecule has 0 saturated carbocycles. The van der Waals surface area contributed by atoms with Crippen molar-refractivity contribution in [2.24, 2.45) is 0 Å². The van der Waals surface area contributed by atoms with Gasteiger partial charge in [0.25, 0.3) is 0 Å². The van der Waals surface area contributed by atoms with Crippen LogP contribution in [-0.2, 0) is 0 Å². The van der Waals surface area contributed by atoms with Crippen molar-refractivity contribution in [3.63, 3.8) is 0 Å². The molecule has 2 heterocycles. The molecule has 1 aromatic carbocycles. The molecule has 0 saturated heterocycles. The fraction of sp³-hybridized carbons (Fsp3) is 0.217. The van der Waals surface area contributed by atoms with E-state index in [2.05, 4.69) is 42.7 Å². The molecule has 0 aliphatic rings. The summed E-state index contributed by atoms with van der Waals surface area (Å²) < 4.78 is 18.5. The molecule has 3 rings (SSSR count). The first-order valence-electron chi connectivity index (χ1n) is 9.85. The number of methoxy groups -OCH3 is 1. The number of hydrogen-bond acceptors (Lipinski definition) is 7. The summed E-state index contributed by atoms with van der Waals surface area (Å²) in [7, 11) is 1.51. The zero-order valence-electron chi connectivity index (χ0n) is 18.3. The number of nitrogens with one attached hydrogen (secondary N) is 2. The van der Waals surface area contributed by atoms with Gasteiger partial charge >= 0.3 is 6.01 Å². The van der Waals surface area contributed by atoms with Crippen LogP contribution < -0.4 is 15.4 Å². The van der Waals surface area contributed by atoms with Gasteiger partial charge in [0.2, 0.25) is 5.95 Å². The van der Waals surface area contributed by atoms with Crippen molar-refractivity contribution in [1.82, 2.24) is 19.9 Å². The summed E-state index contributed by atoms with van der Waals surface area (Å²) in [5, 5.41) is 6.41. The van der Waals surface area contributed by atoms with Crippen LogP contribution in [0.3, 0.4) is 0 Å². The average Bonchev–Trinajstić information content (AvgIpc) is 2.79. The second-order valence-corrected chi connectivity index (χ2v) is 7.69. The zero-order valence-corrected chi connectivity index (χ0v) is 19.0. The minimum atomic E-state index is -0.492. The molecule has 32 heavy (non-hydrogen) atoms. The number of allylic oxidation sites excluding steroid dienone is 3. The molecular formula is C23H24ClFN6O. The lowest BCUT2D eigenvalue weighted by atomic mass is 10.1. The number of hydrogen-bond donors (Lipinski definition) is 2. The van der Waals surface area contributed by atoms with Crippen molar-refractivity contribution in [2.75, 3.05) is 24.3 Å². The van der Waals surface area contributed by atoms with Crippen molar-refractivity contribution in [1.29, 1.82) is 0 Å². The topological polar surface area (TPSA) is 84.9 Å². The van der Waals surface area contributed by atoms with E-state index in [-0.39, 0.29) is 11.0 Å². The monoisotopic (exact) mass is 454 g/mol. The maximum atomic E-state index is 13.5. The summed E-state index contributed by atoms with van der Waals surface area (Å²) in [6, 6.07) is 4.60. The SMILES string of the molecule is COc1ncc(-c2cnc(Nc3ccc(F)c(Cl)c3)nc2NC/C(C)=C/C=C(C)C)cn1. The van der Waals surface area contributed by atoms with Gasteiger partial charge in [-0.15, -0.1) is 0 Å². The third kappa shape index (κ3) is 6.24. The Morgan fingerprint density at radius 2 is 1.84 bits per heavy atom. The number of anilines is 3. The maximum absolute atomic E-state index is 13.5. The summed E-state index contributed by atoms with van der Waals surface area (Å²) in [5.41, 5.74) is 4.37. The smallest absolute Gasteiger partial charge is 0.316 e. The van der Waals surface area contributed by atoms with E-state index in [1.54, 1.807) is 24.7 Å². The molecule has 3 aromatic rings. The molecule has 9 heteroatoms. The van der Waals surface area contributed by atoms with Crippen molar-refractivity contribution in [2.45, 2.75) is 20.8 Å². The van der Waals surface area contributed by atoms with E-state index in [1.807, 2.05) is 20.8 Å². The number of benzene rings is 1. The van der Waals surface area contributed by atoms with Gasteiger partial charge in [-0.25, -0.2) is 19.3 Å². The molecule has 166 valence electrons. The molecule has 0 atom stereocenters. The van der Waals surface area contributed by atoms with Gasteiger partial charge in [0.1, 0.15) is 11.6 Å². The van der Waals surface area contributed by atoms with E-state index < -0.39 is 5.82 Å². The van der Waals surface area contributed by atoms with Gasteiger partial charge in [0.15, 0.2) is 0 Å². The number of halogens is 2. The summed E-state index contributed by atoms with van der Waals surface area (Å²) in [6.45, 7) is 6.70. The summed E-state index contributed by atoms with van der Waals surface area (Å²) in [5.74, 6) is 0.433. The van der Waals surface area contributed by atoms with Gasteiger partial charge in [0, 0.05) is 41.9 Å². The second-order valence-electron chi connectivity index (χ2n) is 7.28. The Bertz CT molecular complexity index is 1140. The Hall–Kier alpha value is -3.52. The number of nitrogens with zero attached hydrogens (tertiary/aromatic N) is 4. The fourth-order valence-electron chi connectivity index (χ4n) is 2.64. The molecule has 2 aromatic heterocycles. The number of aromatic nitrogens is 4. The molecule has 0 aliphatic carbocycles. The summed E-state index contributed by atoms with van der Waals surface area (Å²) in [4.78, 5) is 17.3.